The van der Waals surface area contributed by atoms with Gasteiger partial charge in [0.2, 0.25) is 0 Å². The van der Waals surface area contributed by atoms with E-state index in [1.807, 2.05) is 24.5 Å². The van der Waals surface area contributed by atoms with Crippen molar-refractivity contribution in [3.8, 4) is 0 Å². The van der Waals surface area contributed by atoms with Crippen molar-refractivity contribution in [1.82, 2.24) is 10.3 Å². The van der Waals surface area contributed by atoms with Crippen LogP contribution in [-0.2, 0) is 17.3 Å². The SMILES string of the molecule is CS(=O)CCCNCc1cncc2ccccc12. The molecule has 0 aliphatic rings. The summed E-state index contributed by atoms with van der Waals surface area (Å²) in [6.45, 7) is 1.70. The van der Waals surface area contributed by atoms with Crippen molar-refractivity contribution in [2.45, 2.75) is 13.0 Å². The van der Waals surface area contributed by atoms with Crippen molar-refractivity contribution >= 4 is 21.6 Å². The number of pyridine rings is 1. The molecule has 0 fully saturated rings. The molecule has 1 N–H and O–H groups in total. The second kappa shape index (κ2) is 6.61. The highest BCUT2D eigenvalue weighted by Gasteiger charge is 2.00. The van der Waals surface area contributed by atoms with Crippen molar-refractivity contribution in [3.05, 3.63) is 42.2 Å². The van der Waals surface area contributed by atoms with E-state index in [0.29, 0.717) is 0 Å². The Morgan fingerprint density at radius 3 is 2.94 bits per heavy atom. The fourth-order valence-corrected chi connectivity index (χ4v) is 2.49. The van der Waals surface area contributed by atoms with Crippen LogP contribution in [-0.4, -0.2) is 27.7 Å². The minimum absolute atomic E-state index is 0.688. The fourth-order valence-electron chi connectivity index (χ4n) is 1.94. The van der Waals surface area contributed by atoms with Crippen LogP contribution in [0.5, 0.6) is 0 Å². The maximum Gasteiger partial charge on any atom is 0.0346 e. The Morgan fingerprint density at radius 1 is 1.28 bits per heavy atom. The predicted molar refractivity (Wildman–Crippen MR) is 77.0 cm³/mol. The maximum absolute atomic E-state index is 10.9. The van der Waals surface area contributed by atoms with Gasteiger partial charge in [-0.3, -0.25) is 9.19 Å². The molecular weight excluding hydrogens is 244 g/mol. The molecule has 0 saturated carbocycles. The highest BCUT2D eigenvalue weighted by atomic mass is 32.2. The van der Waals surface area contributed by atoms with E-state index in [9.17, 15) is 4.21 Å². The van der Waals surface area contributed by atoms with Crippen LogP contribution in [0, 0.1) is 0 Å². The lowest BCUT2D eigenvalue weighted by Crippen LogP contribution is -2.16. The topological polar surface area (TPSA) is 42.0 Å². The molecule has 0 amide bonds. The van der Waals surface area contributed by atoms with Gasteiger partial charge >= 0.3 is 0 Å². The summed E-state index contributed by atoms with van der Waals surface area (Å²) in [6.07, 6.45) is 6.49. The smallest absolute Gasteiger partial charge is 0.0346 e. The number of benzene rings is 1. The lowest BCUT2D eigenvalue weighted by Gasteiger charge is -2.07. The Hall–Kier alpha value is -1.26. The molecule has 18 heavy (non-hydrogen) atoms. The third-order valence-corrected chi connectivity index (χ3v) is 3.72. The molecule has 4 heteroatoms. The summed E-state index contributed by atoms with van der Waals surface area (Å²) in [5, 5.41) is 5.80. The van der Waals surface area contributed by atoms with Crippen LogP contribution in [0.25, 0.3) is 10.8 Å². The summed E-state index contributed by atoms with van der Waals surface area (Å²) < 4.78 is 10.9. The first kappa shape index (κ1) is 13.2. The summed E-state index contributed by atoms with van der Waals surface area (Å²) in [5.74, 6) is 0.765. The van der Waals surface area contributed by atoms with E-state index in [1.165, 1.54) is 16.3 Å². The molecule has 0 aliphatic heterocycles. The highest BCUT2D eigenvalue weighted by molar-refractivity contribution is 7.84. The molecule has 0 radical (unpaired) electrons. The molecule has 0 spiro atoms. The van der Waals surface area contributed by atoms with E-state index < -0.39 is 10.8 Å². The molecule has 96 valence electrons. The average Bonchev–Trinajstić information content (AvgIpc) is 2.38. The number of aromatic nitrogens is 1. The van der Waals surface area contributed by atoms with E-state index in [1.54, 1.807) is 6.26 Å². The summed E-state index contributed by atoms with van der Waals surface area (Å²) in [6, 6.07) is 8.27. The van der Waals surface area contributed by atoms with Crippen LogP contribution in [0.15, 0.2) is 36.7 Å². The van der Waals surface area contributed by atoms with Crippen molar-refractivity contribution in [2.24, 2.45) is 0 Å². The van der Waals surface area contributed by atoms with Gasteiger partial charge in [-0.1, -0.05) is 24.3 Å². The van der Waals surface area contributed by atoms with E-state index in [4.69, 9.17) is 0 Å². The van der Waals surface area contributed by atoms with Crippen molar-refractivity contribution in [2.75, 3.05) is 18.6 Å². The second-order valence-electron chi connectivity index (χ2n) is 4.33. The van der Waals surface area contributed by atoms with Crippen LogP contribution >= 0.6 is 0 Å². The monoisotopic (exact) mass is 262 g/mol. The molecule has 2 aromatic rings. The first-order valence-electron chi connectivity index (χ1n) is 6.10. The maximum atomic E-state index is 10.9. The van der Waals surface area contributed by atoms with Gasteiger partial charge in [-0.2, -0.15) is 0 Å². The Balaban J connectivity index is 1.93. The lowest BCUT2D eigenvalue weighted by molar-refractivity contribution is 0.663. The molecule has 0 bridgehead atoms. The summed E-state index contributed by atoms with van der Waals surface area (Å²) in [4.78, 5) is 4.25. The average molecular weight is 262 g/mol. The van der Waals surface area contributed by atoms with E-state index in [2.05, 4.69) is 22.4 Å². The van der Waals surface area contributed by atoms with Crippen LogP contribution in [0.2, 0.25) is 0 Å². The fraction of sp³-hybridized carbons (Fsp3) is 0.357. The van der Waals surface area contributed by atoms with Gasteiger partial charge in [-0.25, -0.2) is 0 Å². The highest BCUT2D eigenvalue weighted by Crippen LogP contribution is 2.16. The minimum atomic E-state index is -0.688. The van der Waals surface area contributed by atoms with Crippen molar-refractivity contribution < 1.29 is 4.21 Å². The van der Waals surface area contributed by atoms with Gasteiger partial charge in [0, 0.05) is 47.1 Å². The first-order valence-corrected chi connectivity index (χ1v) is 7.82. The number of rotatable bonds is 6. The number of fused-ring (bicyclic) bond motifs is 1. The zero-order chi connectivity index (χ0) is 12.8. The molecule has 1 unspecified atom stereocenters. The third kappa shape index (κ3) is 3.62. The normalized spacial score (nSPS) is 12.7. The Labute approximate surface area is 110 Å². The predicted octanol–water partition coefficient (Wildman–Crippen LogP) is 2.09. The zero-order valence-corrected chi connectivity index (χ0v) is 11.4. The van der Waals surface area contributed by atoms with Crippen molar-refractivity contribution in [1.29, 1.82) is 0 Å². The van der Waals surface area contributed by atoms with Gasteiger partial charge in [-0.15, -0.1) is 0 Å². The van der Waals surface area contributed by atoms with Crippen LogP contribution in [0.3, 0.4) is 0 Å². The Bertz CT molecular complexity index is 537. The minimum Gasteiger partial charge on any atom is -0.313 e. The molecule has 0 aliphatic carbocycles. The van der Waals surface area contributed by atoms with E-state index in [-0.39, 0.29) is 0 Å². The number of nitrogens with zero attached hydrogens (tertiary/aromatic N) is 1. The molecule has 3 nitrogen and oxygen atoms in total. The van der Waals surface area contributed by atoms with Crippen LogP contribution in [0.4, 0.5) is 0 Å². The molecule has 0 saturated heterocycles. The molecule has 1 aromatic heterocycles. The quantitative estimate of drug-likeness (QED) is 0.811. The van der Waals surface area contributed by atoms with Gasteiger partial charge < -0.3 is 5.32 Å². The van der Waals surface area contributed by atoms with E-state index in [0.717, 1.165) is 25.3 Å². The standard InChI is InChI=1S/C14H18N2OS/c1-18(17)8-4-7-15-10-13-11-16-9-12-5-2-3-6-14(12)13/h2-3,5-6,9,11,15H,4,7-8,10H2,1H3. The van der Waals surface area contributed by atoms with Gasteiger partial charge in [0.15, 0.2) is 0 Å². The molecule has 1 atom stereocenters. The van der Waals surface area contributed by atoms with E-state index >= 15 is 0 Å². The van der Waals surface area contributed by atoms with Gasteiger partial charge in [0.25, 0.3) is 0 Å². The summed E-state index contributed by atoms with van der Waals surface area (Å²) in [5.41, 5.74) is 1.21. The lowest BCUT2D eigenvalue weighted by atomic mass is 10.1. The van der Waals surface area contributed by atoms with Gasteiger partial charge in [-0.05, 0) is 23.9 Å². The zero-order valence-electron chi connectivity index (χ0n) is 10.6. The number of hydrogen-bond acceptors (Lipinski definition) is 3. The molecule has 2 rings (SSSR count). The Morgan fingerprint density at radius 2 is 2.11 bits per heavy atom. The number of nitrogens with one attached hydrogen (secondary N) is 1. The number of hydrogen-bond donors (Lipinski definition) is 1. The third-order valence-electron chi connectivity index (χ3n) is 2.85. The molecule has 1 heterocycles. The summed E-state index contributed by atoms with van der Waals surface area (Å²) >= 11 is 0. The summed E-state index contributed by atoms with van der Waals surface area (Å²) in [7, 11) is -0.688. The largest absolute Gasteiger partial charge is 0.313 e. The van der Waals surface area contributed by atoms with Crippen LogP contribution in [0.1, 0.15) is 12.0 Å². The van der Waals surface area contributed by atoms with Crippen molar-refractivity contribution in [3.63, 3.8) is 0 Å². The van der Waals surface area contributed by atoms with Gasteiger partial charge in [0.05, 0.1) is 0 Å². The second-order valence-corrected chi connectivity index (χ2v) is 5.88. The molecule has 1 aromatic carbocycles. The van der Waals surface area contributed by atoms with Gasteiger partial charge in [0.1, 0.15) is 0 Å². The molecular formula is C14H18N2OS. The first-order chi connectivity index (χ1) is 8.77. The Kier molecular flexibility index (Phi) is 4.84. The van der Waals surface area contributed by atoms with Crippen LogP contribution < -0.4 is 5.32 Å².